The standard InChI is InChI=1S/C13H18FNO3/c1-13(5-4-6-15-13)8-7-9(17-2)12(18-3)10(14)11(8)16/h7,15-16H,4-6H2,1-3H3. The third-order valence-corrected chi connectivity index (χ3v) is 3.55. The zero-order valence-corrected chi connectivity index (χ0v) is 10.8. The van der Waals surface area contributed by atoms with Crippen LogP contribution in [-0.2, 0) is 5.54 Å². The Bertz CT molecular complexity index is 456. The SMILES string of the molecule is COc1cc(C2(C)CCCN2)c(O)c(F)c1OC. The predicted octanol–water partition coefficient (Wildman–Crippen LogP) is 2.15. The van der Waals surface area contributed by atoms with E-state index in [4.69, 9.17) is 9.47 Å². The van der Waals surface area contributed by atoms with Gasteiger partial charge in [-0.3, -0.25) is 0 Å². The van der Waals surface area contributed by atoms with Crippen LogP contribution in [0, 0.1) is 5.82 Å². The first-order valence-electron chi connectivity index (χ1n) is 5.92. The summed E-state index contributed by atoms with van der Waals surface area (Å²) in [7, 11) is 2.79. The first kappa shape index (κ1) is 13.0. The summed E-state index contributed by atoms with van der Waals surface area (Å²) in [4.78, 5) is 0. The van der Waals surface area contributed by atoms with Crippen LogP contribution in [0.25, 0.3) is 0 Å². The van der Waals surface area contributed by atoms with Gasteiger partial charge in [-0.05, 0) is 32.4 Å². The number of rotatable bonds is 3. The van der Waals surface area contributed by atoms with Crippen molar-refractivity contribution >= 4 is 0 Å². The van der Waals surface area contributed by atoms with Gasteiger partial charge in [0.05, 0.1) is 14.2 Å². The molecule has 2 N–H and O–H groups in total. The Morgan fingerprint density at radius 3 is 2.61 bits per heavy atom. The molecule has 2 rings (SSSR count). The second kappa shape index (κ2) is 4.65. The number of halogens is 1. The number of hydrogen-bond acceptors (Lipinski definition) is 4. The summed E-state index contributed by atoms with van der Waals surface area (Å²) in [5.74, 6) is -0.926. The number of nitrogens with one attached hydrogen (secondary N) is 1. The monoisotopic (exact) mass is 255 g/mol. The van der Waals surface area contributed by atoms with Gasteiger partial charge in [-0.25, -0.2) is 0 Å². The average molecular weight is 255 g/mol. The molecular formula is C13H18FNO3. The molecule has 0 radical (unpaired) electrons. The van der Waals surface area contributed by atoms with Gasteiger partial charge in [-0.2, -0.15) is 4.39 Å². The highest BCUT2D eigenvalue weighted by molar-refractivity contribution is 5.54. The fourth-order valence-electron chi connectivity index (χ4n) is 2.49. The summed E-state index contributed by atoms with van der Waals surface area (Å²) >= 11 is 0. The molecule has 1 atom stereocenters. The zero-order valence-electron chi connectivity index (χ0n) is 10.8. The Kier molecular flexibility index (Phi) is 3.34. The number of ether oxygens (including phenoxy) is 2. The van der Waals surface area contributed by atoms with E-state index in [2.05, 4.69) is 5.32 Å². The highest BCUT2D eigenvalue weighted by Crippen LogP contribution is 2.44. The predicted molar refractivity (Wildman–Crippen MR) is 65.8 cm³/mol. The van der Waals surface area contributed by atoms with E-state index < -0.39 is 11.4 Å². The van der Waals surface area contributed by atoms with Gasteiger partial charge in [0.1, 0.15) is 0 Å². The molecule has 18 heavy (non-hydrogen) atoms. The maximum Gasteiger partial charge on any atom is 0.210 e. The topological polar surface area (TPSA) is 50.7 Å². The number of benzene rings is 1. The maximum absolute atomic E-state index is 14.1. The van der Waals surface area contributed by atoms with Crippen molar-refractivity contribution in [2.75, 3.05) is 20.8 Å². The summed E-state index contributed by atoms with van der Waals surface area (Å²) in [5, 5.41) is 13.3. The van der Waals surface area contributed by atoms with Gasteiger partial charge in [0.2, 0.25) is 11.6 Å². The van der Waals surface area contributed by atoms with Crippen molar-refractivity contribution in [1.82, 2.24) is 5.32 Å². The van der Waals surface area contributed by atoms with E-state index >= 15 is 0 Å². The molecule has 1 aromatic rings. The summed E-state index contributed by atoms with van der Waals surface area (Å²) in [6.07, 6.45) is 1.83. The molecule has 4 nitrogen and oxygen atoms in total. The van der Waals surface area contributed by atoms with E-state index in [1.165, 1.54) is 14.2 Å². The van der Waals surface area contributed by atoms with Crippen molar-refractivity contribution in [2.45, 2.75) is 25.3 Å². The van der Waals surface area contributed by atoms with Gasteiger partial charge < -0.3 is 19.9 Å². The number of methoxy groups -OCH3 is 2. The van der Waals surface area contributed by atoms with Crippen molar-refractivity contribution in [3.8, 4) is 17.2 Å². The second-order valence-electron chi connectivity index (χ2n) is 4.68. The van der Waals surface area contributed by atoms with E-state index in [-0.39, 0.29) is 17.2 Å². The number of aromatic hydroxyl groups is 1. The van der Waals surface area contributed by atoms with Crippen LogP contribution < -0.4 is 14.8 Å². The molecule has 1 aliphatic rings. The van der Waals surface area contributed by atoms with Crippen molar-refractivity contribution in [3.05, 3.63) is 17.4 Å². The van der Waals surface area contributed by atoms with Gasteiger partial charge in [0.25, 0.3) is 0 Å². The summed E-state index contributed by atoms with van der Waals surface area (Å²) in [5.41, 5.74) is 0.0833. The van der Waals surface area contributed by atoms with Gasteiger partial charge in [-0.15, -0.1) is 0 Å². The minimum absolute atomic E-state index is 0.0691. The van der Waals surface area contributed by atoms with Crippen LogP contribution in [0.4, 0.5) is 4.39 Å². The lowest BCUT2D eigenvalue weighted by atomic mass is 9.89. The van der Waals surface area contributed by atoms with Gasteiger partial charge in [0, 0.05) is 11.1 Å². The van der Waals surface area contributed by atoms with E-state index in [9.17, 15) is 9.50 Å². The maximum atomic E-state index is 14.1. The van der Waals surface area contributed by atoms with Gasteiger partial charge in [0.15, 0.2) is 11.5 Å². The molecule has 1 aromatic carbocycles. The first-order chi connectivity index (χ1) is 8.53. The zero-order chi connectivity index (χ0) is 13.3. The lowest BCUT2D eigenvalue weighted by molar-refractivity contribution is 0.315. The molecule has 100 valence electrons. The molecule has 1 fully saturated rings. The Balaban J connectivity index is 2.58. The number of phenols is 1. The average Bonchev–Trinajstić information content (AvgIpc) is 2.80. The summed E-state index contributed by atoms with van der Waals surface area (Å²) < 4.78 is 24.1. The molecule has 1 heterocycles. The van der Waals surface area contributed by atoms with Crippen LogP contribution >= 0.6 is 0 Å². The number of phenolic OH excluding ortho intramolecular Hbond substituents is 1. The summed E-state index contributed by atoms with van der Waals surface area (Å²) in [6.45, 7) is 2.80. The van der Waals surface area contributed by atoms with Crippen LogP contribution in [0.3, 0.4) is 0 Å². The van der Waals surface area contributed by atoms with Gasteiger partial charge >= 0.3 is 0 Å². The molecule has 1 aliphatic heterocycles. The smallest absolute Gasteiger partial charge is 0.210 e. The molecule has 0 aromatic heterocycles. The Labute approximate surface area is 106 Å². The van der Waals surface area contributed by atoms with E-state index in [1.54, 1.807) is 6.07 Å². The largest absolute Gasteiger partial charge is 0.504 e. The van der Waals surface area contributed by atoms with Crippen molar-refractivity contribution in [1.29, 1.82) is 0 Å². The first-order valence-corrected chi connectivity index (χ1v) is 5.92. The quantitative estimate of drug-likeness (QED) is 0.869. The Morgan fingerprint density at radius 2 is 2.11 bits per heavy atom. The normalized spacial score (nSPS) is 23.1. The fourth-order valence-corrected chi connectivity index (χ4v) is 2.49. The Morgan fingerprint density at radius 1 is 1.39 bits per heavy atom. The van der Waals surface area contributed by atoms with Crippen LogP contribution in [0.15, 0.2) is 6.07 Å². The van der Waals surface area contributed by atoms with Gasteiger partial charge in [-0.1, -0.05) is 0 Å². The van der Waals surface area contributed by atoms with Crippen molar-refractivity contribution in [2.24, 2.45) is 0 Å². The second-order valence-corrected chi connectivity index (χ2v) is 4.68. The molecule has 1 saturated heterocycles. The molecular weight excluding hydrogens is 237 g/mol. The molecule has 5 heteroatoms. The third-order valence-electron chi connectivity index (χ3n) is 3.55. The molecule has 1 unspecified atom stereocenters. The lowest BCUT2D eigenvalue weighted by Crippen LogP contribution is -2.33. The van der Waals surface area contributed by atoms with Crippen LogP contribution in [0.5, 0.6) is 17.2 Å². The molecule has 0 spiro atoms. The van der Waals surface area contributed by atoms with E-state index in [0.29, 0.717) is 5.56 Å². The van der Waals surface area contributed by atoms with Crippen LogP contribution in [0.2, 0.25) is 0 Å². The highest BCUT2D eigenvalue weighted by Gasteiger charge is 2.35. The molecule has 0 amide bonds. The van der Waals surface area contributed by atoms with Crippen molar-refractivity contribution in [3.63, 3.8) is 0 Å². The van der Waals surface area contributed by atoms with Crippen molar-refractivity contribution < 1.29 is 19.0 Å². The van der Waals surface area contributed by atoms with Crippen LogP contribution in [-0.4, -0.2) is 25.9 Å². The molecule has 0 aliphatic carbocycles. The van der Waals surface area contributed by atoms with Crippen LogP contribution in [0.1, 0.15) is 25.3 Å². The Hall–Kier alpha value is -1.49. The molecule has 0 bridgehead atoms. The fraction of sp³-hybridized carbons (Fsp3) is 0.538. The van der Waals surface area contributed by atoms with E-state index in [0.717, 1.165) is 19.4 Å². The lowest BCUT2D eigenvalue weighted by Gasteiger charge is -2.27. The minimum atomic E-state index is -0.776. The summed E-state index contributed by atoms with van der Waals surface area (Å²) in [6, 6.07) is 1.63. The number of hydrogen-bond donors (Lipinski definition) is 2. The third kappa shape index (κ3) is 1.88. The van der Waals surface area contributed by atoms with E-state index in [1.807, 2.05) is 6.92 Å². The minimum Gasteiger partial charge on any atom is -0.504 e. The molecule has 0 saturated carbocycles. The highest BCUT2D eigenvalue weighted by atomic mass is 19.1.